The van der Waals surface area contributed by atoms with Crippen molar-refractivity contribution in [2.75, 3.05) is 13.7 Å². The highest BCUT2D eigenvalue weighted by Gasteiger charge is 2.30. The number of carbonyl (C=O) groups excluding carboxylic acids is 1. The van der Waals surface area contributed by atoms with Crippen LogP contribution >= 0.6 is 11.8 Å². The fourth-order valence-electron chi connectivity index (χ4n) is 2.33. The number of hydrogen-bond donors (Lipinski definition) is 0. The Morgan fingerprint density at radius 3 is 2.62 bits per heavy atom. The molecule has 2 aromatic rings. The minimum Gasteiger partial charge on any atom is -0.494 e. The lowest BCUT2D eigenvalue weighted by Gasteiger charge is -2.07. The highest BCUT2D eigenvalue weighted by Crippen LogP contribution is 2.33. The predicted molar refractivity (Wildman–Crippen MR) is 104 cm³/mol. The van der Waals surface area contributed by atoms with Crippen molar-refractivity contribution >= 4 is 34.6 Å². The lowest BCUT2D eigenvalue weighted by Crippen LogP contribution is -2.23. The molecule has 1 amide bonds. The smallest absolute Gasteiger partial charge is 0.266 e. The van der Waals surface area contributed by atoms with E-state index in [4.69, 9.17) is 4.74 Å². The Balaban J connectivity index is 1.80. The van der Waals surface area contributed by atoms with E-state index < -0.39 is 5.82 Å². The normalized spacial score (nSPS) is 17.3. The molecule has 0 aliphatic carbocycles. The number of amides is 1. The predicted octanol–water partition coefficient (Wildman–Crippen LogP) is 4.85. The lowest BCUT2D eigenvalue weighted by atomic mass is 10.2. The Morgan fingerprint density at radius 1 is 1.19 bits per heavy atom. The monoisotopic (exact) mass is 370 g/mol. The van der Waals surface area contributed by atoms with Gasteiger partial charge in [-0.15, -0.1) is 0 Å². The lowest BCUT2D eigenvalue weighted by molar-refractivity contribution is -0.121. The SMILES string of the molecule is CCCOc1ccc(/C=C2/SC(=Nc3ccccc3F)N(C)C2=O)cc1. The van der Waals surface area contributed by atoms with E-state index in [2.05, 4.69) is 11.9 Å². The van der Waals surface area contributed by atoms with Crippen molar-refractivity contribution in [3.63, 3.8) is 0 Å². The fraction of sp³-hybridized carbons (Fsp3) is 0.200. The molecule has 1 heterocycles. The topological polar surface area (TPSA) is 41.9 Å². The number of benzene rings is 2. The molecule has 0 N–H and O–H groups in total. The summed E-state index contributed by atoms with van der Waals surface area (Å²) >= 11 is 1.23. The van der Waals surface area contributed by atoms with Crippen molar-refractivity contribution in [3.8, 4) is 5.75 Å². The summed E-state index contributed by atoms with van der Waals surface area (Å²) < 4.78 is 19.3. The molecule has 0 radical (unpaired) electrons. The second-order valence-electron chi connectivity index (χ2n) is 5.74. The van der Waals surface area contributed by atoms with Crippen molar-refractivity contribution in [1.29, 1.82) is 0 Å². The number of aliphatic imine (C=N–C) groups is 1. The first-order valence-electron chi connectivity index (χ1n) is 8.32. The maximum Gasteiger partial charge on any atom is 0.266 e. The summed E-state index contributed by atoms with van der Waals surface area (Å²) in [6.45, 7) is 2.73. The van der Waals surface area contributed by atoms with Crippen LogP contribution in [0.15, 0.2) is 58.4 Å². The summed E-state index contributed by atoms with van der Waals surface area (Å²) in [5.74, 6) is 0.233. The standard InChI is InChI=1S/C20H19FN2O2S/c1-3-12-25-15-10-8-14(9-11-15)13-18-19(24)23(2)20(26-18)22-17-7-5-4-6-16(17)21/h4-11,13H,3,12H2,1-2H3/b18-13+,22-20?. The molecule has 2 aromatic carbocycles. The molecule has 6 heteroatoms. The first-order chi connectivity index (χ1) is 12.6. The number of amidine groups is 1. The summed E-state index contributed by atoms with van der Waals surface area (Å²) in [7, 11) is 1.64. The Labute approximate surface area is 156 Å². The van der Waals surface area contributed by atoms with E-state index in [-0.39, 0.29) is 11.6 Å². The molecule has 0 aromatic heterocycles. The molecule has 1 aliphatic rings. The van der Waals surface area contributed by atoms with Gasteiger partial charge in [-0.3, -0.25) is 9.69 Å². The summed E-state index contributed by atoms with van der Waals surface area (Å²) in [6, 6.07) is 13.8. The van der Waals surface area contributed by atoms with Crippen LogP contribution in [0.5, 0.6) is 5.75 Å². The average Bonchev–Trinajstić information content (AvgIpc) is 2.91. The van der Waals surface area contributed by atoms with E-state index in [0.717, 1.165) is 17.7 Å². The first kappa shape index (κ1) is 18.2. The minimum atomic E-state index is -0.415. The van der Waals surface area contributed by atoms with Crippen LogP contribution in [-0.2, 0) is 4.79 Å². The number of hydrogen-bond acceptors (Lipinski definition) is 4. The van der Waals surface area contributed by atoms with Gasteiger partial charge in [0, 0.05) is 7.05 Å². The molecule has 0 bridgehead atoms. The molecule has 1 saturated heterocycles. The number of para-hydroxylation sites is 1. The molecule has 1 aliphatic heterocycles. The summed E-state index contributed by atoms with van der Waals surface area (Å²) in [4.78, 5) is 18.7. The summed E-state index contributed by atoms with van der Waals surface area (Å²) in [5, 5.41) is 0.453. The molecule has 0 saturated carbocycles. The van der Waals surface area contributed by atoms with Crippen molar-refractivity contribution in [2.45, 2.75) is 13.3 Å². The molecular formula is C20H19FN2O2S. The molecule has 3 rings (SSSR count). The third kappa shape index (κ3) is 4.14. The van der Waals surface area contributed by atoms with Gasteiger partial charge in [-0.1, -0.05) is 31.2 Å². The maximum atomic E-state index is 13.8. The van der Waals surface area contributed by atoms with Gasteiger partial charge in [0.15, 0.2) is 5.17 Å². The van der Waals surface area contributed by atoms with E-state index >= 15 is 0 Å². The highest BCUT2D eigenvalue weighted by atomic mass is 32.2. The second-order valence-corrected chi connectivity index (χ2v) is 6.75. The van der Waals surface area contributed by atoms with E-state index in [0.29, 0.717) is 16.7 Å². The number of carbonyl (C=O) groups is 1. The van der Waals surface area contributed by atoms with Gasteiger partial charge in [0.1, 0.15) is 17.3 Å². The van der Waals surface area contributed by atoms with E-state index in [9.17, 15) is 9.18 Å². The largest absolute Gasteiger partial charge is 0.494 e. The third-order valence-corrected chi connectivity index (χ3v) is 4.78. The zero-order valence-electron chi connectivity index (χ0n) is 14.6. The van der Waals surface area contributed by atoms with Gasteiger partial charge in [-0.2, -0.15) is 0 Å². The first-order valence-corrected chi connectivity index (χ1v) is 9.14. The molecule has 134 valence electrons. The number of ether oxygens (including phenoxy) is 1. The van der Waals surface area contributed by atoms with E-state index in [1.54, 1.807) is 31.3 Å². The van der Waals surface area contributed by atoms with Crippen molar-refractivity contribution in [2.24, 2.45) is 4.99 Å². The van der Waals surface area contributed by atoms with Crippen molar-refractivity contribution < 1.29 is 13.9 Å². The summed E-state index contributed by atoms with van der Waals surface area (Å²) in [6.07, 6.45) is 2.75. The van der Waals surface area contributed by atoms with Crippen LogP contribution < -0.4 is 4.74 Å². The number of likely N-dealkylation sites (N-methyl/N-ethyl adjacent to an activating group) is 1. The average molecular weight is 370 g/mol. The van der Waals surface area contributed by atoms with Gasteiger partial charge < -0.3 is 4.74 Å². The third-order valence-electron chi connectivity index (χ3n) is 3.72. The van der Waals surface area contributed by atoms with Gasteiger partial charge in [-0.05, 0) is 54.1 Å². The number of nitrogens with zero attached hydrogens (tertiary/aromatic N) is 2. The Hall–Kier alpha value is -2.60. The van der Waals surface area contributed by atoms with Crippen molar-refractivity contribution in [1.82, 2.24) is 4.90 Å². The molecule has 0 atom stereocenters. The van der Waals surface area contributed by atoms with Crippen LogP contribution in [0.25, 0.3) is 6.08 Å². The highest BCUT2D eigenvalue weighted by molar-refractivity contribution is 8.18. The van der Waals surface area contributed by atoms with Gasteiger partial charge >= 0.3 is 0 Å². The van der Waals surface area contributed by atoms with Gasteiger partial charge in [0.25, 0.3) is 5.91 Å². The molecule has 4 nitrogen and oxygen atoms in total. The van der Waals surface area contributed by atoms with Crippen LogP contribution in [0.1, 0.15) is 18.9 Å². The molecular weight excluding hydrogens is 351 g/mol. The number of thioether (sulfide) groups is 1. The van der Waals surface area contributed by atoms with Crippen LogP contribution in [0.4, 0.5) is 10.1 Å². The zero-order valence-corrected chi connectivity index (χ0v) is 15.4. The van der Waals surface area contributed by atoms with Crippen molar-refractivity contribution in [3.05, 3.63) is 64.8 Å². The summed E-state index contributed by atoms with van der Waals surface area (Å²) in [5.41, 5.74) is 1.11. The quantitative estimate of drug-likeness (QED) is 0.707. The van der Waals surface area contributed by atoms with Crippen LogP contribution in [0, 0.1) is 5.82 Å². The van der Waals surface area contributed by atoms with E-state index in [1.165, 1.54) is 22.7 Å². The van der Waals surface area contributed by atoms with Crippen LogP contribution in [0.2, 0.25) is 0 Å². The molecule has 0 unspecified atom stereocenters. The Morgan fingerprint density at radius 2 is 1.92 bits per heavy atom. The number of rotatable bonds is 5. The van der Waals surface area contributed by atoms with Gasteiger partial charge in [0.2, 0.25) is 0 Å². The van der Waals surface area contributed by atoms with Gasteiger partial charge in [-0.25, -0.2) is 9.38 Å². The Kier molecular flexibility index (Phi) is 5.73. The maximum absolute atomic E-state index is 13.8. The van der Waals surface area contributed by atoms with Gasteiger partial charge in [0.05, 0.1) is 11.5 Å². The van der Waals surface area contributed by atoms with E-state index in [1.807, 2.05) is 24.3 Å². The zero-order chi connectivity index (χ0) is 18.5. The van der Waals surface area contributed by atoms with Crippen LogP contribution in [-0.4, -0.2) is 29.6 Å². The fourth-order valence-corrected chi connectivity index (χ4v) is 3.31. The Bertz CT molecular complexity index is 862. The minimum absolute atomic E-state index is 0.156. The number of halogens is 1. The molecule has 0 spiro atoms. The van der Waals surface area contributed by atoms with Crippen LogP contribution in [0.3, 0.4) is 0 Å². The second kappa shape index (κ2) is 8.19. The molecule has 26 heavy (non-hydrogen) atoms. The molecule has 1 fully saturated rings.